The van der Waals surface area contributed by atoms with Crippen LogP contribution in [0.25, 0.3) is 0 Å². The van der Waals surface area contributed by atoms with Gasteiger partial charge in [-0.05, 0) is 13.0 Å². The highest BCUT2D eigenvalue weighted by molar-refractivity contribution is 6.31. The maximum atomic E-state index is 5.52. The smallest absolute Gasteiger partial charge is 0.0556 e. The Balaban J connectivity index is 3.40. The molecular formula is C6H10ClN. The Bertz CT molecular complexity index is 96.7. The summed E-state index contributed by atoms with van der Waals surface area (Å²) in [5.74, 6) is 0. The maximum Gasteiger partial charge on any atom is 0.0556 e. The zero-order chi connectivity index (χ0) is 6.41. The highest BCUT2D eigenvalue weighted by Crippen LogP contribution is 1.97. The van der Waals surface area contributed by atoms with E-state index in [1.54, 1.807) is 12.3 Å². The molecule has 0 aliphatic heterocycles. The fraction of sp³-hybridized carbons (Fsp3) is 0.333. The van der Waals surface area contributed by atoms with Crippen molar-refractivity contribution in [2.24, 2.45) is 0 Å². The second-order valence-corrected chi connectivity index (χ2v) is 1.73. The quantitative estimate of drug-likeness (QED) is 0.577. The van der Waals surface area contributed by atoms with Gasteiger partial charge in [0, 0.05) is 12.7 Å². The highest BCUT2D eigenvalue weighted by atomic mass is 35.5. The first-order chi connectivity index (χ1) is 3.81. The van der Waals surface area contributed by atoms with Crippen LogP contribution in [0.15, 0.2) is 23.9 Å². The molecule has 0 radical (unpaired) electrons. The second-order valence-electron chi connectivity index (χ2n) is 1.29. The molecule has 0 aromatic heterocycles. The first-order valence-electron chi connectivity index (χ1n) is 2.52. The van der Waals surface area contributed by atoms with Crippen LogP contribution in [0.5, 0.6) is 0 Å². The third-order valence-electron chi connectivity index (χ3n) is 0.639. The molecule has 0 aromatic carbocycles. The summed E-state index contributed by atoms with van der Waals surface area (Å²) in [6.07, 6.45) is 3.30. The average molecular weight is 132 g/mol. The van der Waals surface area contributed by atoms with Crippen molar-refractivity contribution in [1.29, 1.82) is 0 Å². The van der Waals surface area contributed by atoms with Crippen LogP contribution in [0.2, 0.25) is 0 Å². The van der Waals surface area contributed by atoms with E-state index in [0.29, 0.717) is 5.03 Å². The summed E-state index contributed by atoms with van der Waals surface area (Å²) in [4.78, 5) is 0. The Hall–Kier alpha value is -0.430. The third kappa shape index (κ3) is 3.75. The molecule has 2 heteroatoms. The number of halogens is 1. The van der Waals surface area contributed by atoms with Crippen molar-refractivity contribution in [2.75, 3.05) is 6.54 Å². The molecule has 0 bridgehead atoms. The van der Waals surface area contributed by atoms with Crippen LogP contribution >= 0.6 is 11.6 Å². The van der Waals surface area contributed by atoms with Crippen LogP contribution < -0.4 is 5.32 Å². The Morgan fingerprint density at radius 1 is 1.88 bits per heavy atom. The van der Waals surface area contributed by atoms with E-state index in [9.17, 15) is 0 Å². The minimum absolute atomic E-state index is 0.645. The van der Waals surface area contributed by atoms with Gasteiger partial charge in [-0.15, -0.1) is 0 Å². The minimum Gasteiger partial charge on any atom is -0.390 e. The van der Waals surface area contributed by atoms with Gasteiger partial charge in [0.05, 0.1) is 5.03 Å². The van der Waals surface area contributed by atoms with E-state index in [-0.39, 0.29) is 0 Å². The zero-order valence-corrected chi connectivity index (χ0v) is 5.70. The number of rotatable bonds is 3. The van der Waals surface area contributed by atoms with Gasteiger partial charge in [-0.1, -0.05) is 18.2 Å². The molecule has 0 saturated heterocycles. The van der Waals surface area contributed by atoms with Gasteiger partial charge in [0.15, 0.2) is 0 Å². The SMILES string of the molecule is C=C/C(Cl)=C\NCC. The van der Waals surface area contributed by atoms with Gasteiger partial charge >= 0.3 is 0 Å². The summed E-state index contributed by atoms with van der Waals surface area (Å²) in [5.41, 5.74) is 0. The van der Waals surface area contributed by atoms with Gasteiger partial charge in [-0.3, -0.25) is 0 Å². The van der Waals surface area contributed by atoms with Crippen LogP contribution in [-0.2, 0) is 0 Å². The van der Waals surface area contributed by atoms with E-state index < -0.39 is 0 Å². The van der Waals surface area contributed by atoms with E-state index in [4.69, 9.17) is 11.6 Å². The van der Waals surface area contributed by atoms with Crippen LogP contribution in [-0.4, -0.2) is 6.54 Å². The van der Waals surface area contributed by atoms with E-state index in [2.05, 4.69) is 11.9 Å². The summed E-state index contributed by atoms with van der Waals surface area (Å²) in [6.45, 7) is 6.37. The van der Waals surface area contributed by atoms with Crippen molar-refractivity contribution in [1.82, 2.24) is 5.32 Å². The molecule has 8 heavy (non-hydrogen) atoms. The minimum atomic E-state index is 0.645. The predicted molar refractivity (Wildman–Crippen MR) is 37.8 cm³/mol. The van der Waals surface area contributed by atoms with Crippen LogP contribution in [0, 0.1) is 0 Å². The molecule has 1 N–H and O–H groups in total. The molecule has 0 fully saturated rings. The zero-order valence-electron chi connectivity index (χ0n) is 4.95. The highest BCUT2D eigenvalue weighted by Gasteiger charge is 1.76. The lowest BCUT2D eigenvalue weighted by Gasteiger charge is -1.90. The van der Waals surface area contributed by atoms with Crippen molar-refractivity contribution in [2.45, 2.75) is 6.92 Å². The molecule has 1 nitrogen and oxygen atoms in total. The molecule has 0 spiro atoms. The van der Waals surface area contributed by atoms with Gasteiger partial charge in [0.2, 0.25) is 0 Å². The molecular weight excluding hydrogens is 122 g/mol. The van der Waals surface area contributed by atoms with Crippen molar-refractivity contribution in [3.05, 3.63) is 23.9 Å². The standard InChI is InChI=1S/C6H10ClN/c1-3-6(7)5-8-4-2/h3,5,8H,1,4H2,2H3/b6-5+. The van der Waals surface area contributed by atoms with E-state index in [1.807, 2.05) is 6.92 Å². The van der Waals surface area contributed by atoms with E-state index in [0.717, 1.165) is 6.54 Å². The monoisotopic (exact) mass is 131 g/mol. The van der Waals surface area contributed by atoms with Crippen molar-refractivity contribution in [3.63, 3.8) is 0 Å². The first-order valence-corrected chi connectivity index (χ1v) is 2.90. The molecule has 0 aliphatic carbocycles. The molecule has 0 aromatic rings. The van der Waals surface area contributed by atoms with Crippen molar-refractivity contribution in [3.8, 4) is 0 Å². The largest absolute Gasteiger partial charge is 0.390 e. The van der Waals surface area contributed by atoms with Crippen molar-refractivity contribution >= 4 is 11.6 Å². The van der Waals surface area contributed by atoms with Crippen LogP contribution in [0.3, 0.4) is 0 Å². The molecule has 0 saturated carbocycles. The van der Waals surface area contributed by atoms with Crippen LogP contribution in [0.1, 0.15) is 6.92 Å². The number of nitrogens with one attached hydrogen (secondary N) is 1. The predicted octanol–water partition coefficient (Wildman–Crippen LogP) is 1.86. The Morgan fingerprint density at radius 2 is 2.50 bits per heavy atom. The third-order valence-corrected chi connectivity index (χ3v) is 0.902. The van der Waals surface area contributed by atoms with E-state index in [1.165, 1.54) is 0 Å². The fourth-order valence-corrected chi connectivity index (χ4v) is 0.336. The summed E-state index contributed by atoms with van der Waals surface area (Å²) in [6, 6.07) is 0. The summed E-state index contributed by atoms with van der Waals surface area (Å²) in [5, 5.41) is 3.58. The molecule has 0 atom stereocenters. The number of hydrogen-bond donors (Lipinski definition) is 1. The lowest BCUT2D eigenvalue weighted by atomic mass is 10.6. The molecule has 0 aliphatic rings. The topological polar surface area (TPSA) is 12.0 Å². The number of allylic oxidation sites excluding steroid dienone is 2. The first kappa shape index (κ1) is 7.57. The Labute approximate surface area is 55.0 Å². The van der Waals surface area contributed by atoms with Gasteiger partial charge in [-0.2, -0.15) is 0 Å². The Morgan fingerprint density at radius 3 is 2.88 bits per heavy atom. The molecule has 0 rings (SSSR count). The van der Waals surface area contributed by atoms with E-state index >= 15 is 0 Å². The van der Waals surface area contributed by atoms with Gasteiger partial charge in [0.25, 0.3) is 0 Å². The average Bonchev–Trinajstić information content (AvgIpc) is 1.83. The normalized spacial score (nSPS) is 11.0. The number of hydrogen-bond acceptors (Lipinski definition) is 1. The van der Waals surface area contributed by atoms with Crippen molar-refractivity contribution < 1.29 is 0 Å². The maximum absolute atomic E-state index is 5.52. The van der Waals surface area contributed by atoms with Gasteiger partial charge in [-0.25, -0.2) is 0 Å². The summed E-state index contributed by atoms with van der Waals surface area (Å²) in [7, 11) is 0. The molecule has 0 amide bonds. The molecule has 0 heterocycles. The molecule has 46 valence electrons. The Kier molecular flexibility index (Phi) is 4.47. The summed E-state index contributed by atoms with van der Waals surface area (Å²) < 4.78 is 0. The second kappa shape index (κ2) is 4.72. The lowest BCUT2D eigenvalue weighted by Crippen LogP contribution is -2.01. The fourth-order valence-electron chi connectivity index (χ4n) is 0.258. The van der Waals surface area contributed by atoms with Gasteiger partial charge in [0.1, 0.15) is 0 Å². The molecule has 0 unspecified atom stereocenters. The van der Waals surface area contributed by atoms with Crippen LogP contribution in [0.4, 0.5) is 0 Å². The summed E-state index contributed by atoms with van der Waals surface area (Å²) >= 11 is 5.52. The lowest BCUT2D eigenvalue weighted by molar-refractivity contribution is 0.918. The van der Waals surface area contributed by atoms with Gasteiger partial charge < -0.3 is 5.32 Å².